The smallest absolute Gasteiger partial charge is 0.153 e. The lowest BCUT2D eigenvalue weighted by molar-refractivity contribution is -0.103. The summed E-state index contributed by atoms with van der Waals surface area (Å²) in [6.45, 7) is 8.87. The molecular weight excluding hydrogens is 284 g/mol. The molecule has 3 rings (SSSR count). The lowest BCUT2D eigenvalue weighted by Gasteiger charge is -2.48. The Morgan fingerprint density at radius 3 is 2.24 bits per heavy atom. The summed E-state index contributed by atoms with van der Waals surface area (Å²) in [5.74, 6) is 0.645. The zero-order chi connectivity index (χ0) is 15.5. The number of benzene rings is 1. The van der Waals surface area contributed by atoms with E-state index in [0.717, 1.165) is 11.8 Å². The van der Waals surface area contributed by atoms with Crippen LogP contribution >= 0.6 is 11.6 Å². The second-order valence-corrected chi connectivity index (χ2v) is 8.57. The minimum absolute atomic E-state index is 0.0826. The van der Waals surface area contributed by atoms with Crippen LogP contribution in [0, 0.1) is 10.8 Å². The van der Waals surface area contributed by atoms with E-state index in [1.807, 2.05) is 24.3 Å². The summed E-state index contributed by atoms with van der Waals surface area (Å²) in [5, 5.41) is 12.8. The van der Waals surface area contributed by atoms with E-state index in [0.29, 0.717) is 29.2 Å². The van der Waals surface area contributed by atoms with Crippen LogP contribution in [-0.2, 0) is 5.60 Å². The van der Waals surface area contributed by atoms with Crippen molar-refractivity contribution in [2.24, 2.45) is 10.8 Å². The number of halogens is 1. The minimum atomic E-state index is -0.923. The van der Waals surface area contributed by atoms with Crippen LogP contribution in [0.2, 0.25) is 5.02 Å². The number of fused-ring (bicyclic) bond motifs is 1. The number of para-hydroxylation sites is 1. The van der Waals surface area contributed by atoms with Crippen molar-refractivity contribution < 1.29 is 9.52 Å². The highest BCUT2D eigenvalue weighted by molar-refractivity contribution is 6.34. The van der Waals surface area contributed by atoms with Crippen molar-refractivity contribution >= 4 is 22.6 Å². The summed E-state index contributed by atoms with van der Waals surface area (Å²) >= 11 is 6.19. The number of hydrogen-bond donors (Lipinski definition) is 1. The van der Waals surface area contributed by atoms with Crippen molar-refractivity contribution in [2.45, 2.75) is 52.6 Å². The molecule has 1 aromatic carbocycles. The van der Waals surface area contributed by atoms with E-state index >= 15 is 0 Å². The van der Waals surface area contributed by atoms with Gasteiger partial charge in [-0.1, -0.05) is 51.4 Å². The van der Waals surface area contributed by atoms with Crippen LogP contribution in [0.1, 0.15) is 52.7 Å². The third kappa shape index (κ3) is 2.72. The predicted molar refractivity (Wildman–Crippen MR) is 86.5 cm³/mol. The van der Waals surface area contributed by atoms with Crippen LogP contribution in [0.25, 0.3) is 11.0 Å². The third-order valence-corrected chi connectivity index (χ3v) is 4.75. The number of aliphatic hydroxyl groups is 1. The molecule has 1 saturated carbocycles. The van der Waals surface area contributed by atoms with E-state index in [4.69, 9.17) is 16.0 Å². The molecule has 0 spiro atoms. The monoisotopic (exact) mass is 306 g/mol. The maximum absolute atomic E-state index is 11.3. The molecule has 1 fully saturated rings. The quantitative estimate of drug-likeness (QED) is 0.753. The van der Waals surface area contributed by atoms with E-state index in [1.165, 1.54) is 0 Å². The van der Waals surface area contributed by atoms with Gasteiger partial charge in [-0.05, 0) is 42.2 Å². The fourth-order valence-electron chi connectivity index (χ4n) is 4.50. The molecule has 1 N–H and O–H groups in total. The maximum atomic E-state index is 11.3. The number of hydrogen-bond acceptors (Lipinski definition) is 2. The van der Waals surface area contributed by atoms with Crippen LogP contribution in [0.4, 0.5) is 0 Å². The molecule has 0 saturated heterocycles. The Morgan fingerprint density at radius 2 is 1.67 bits per heavy atom. The molecule has 114 valence electrons. The van der Waals surface area contributed by atoms with Gasteiger partial charge in [0, 0.05) is 5.39 Å². The van der Waals surface area contributed by atoms with Gasteiger partial charge in [0.05, 0.1) is 5.02 Å². The van der Waals surface area contributed by atoms with E-state index in [9.17, 15) is 5.11 Å². The first-order chi connectivity index (χ1) is 9.60. The van der Waals surface area contributed by atoms with Crippen LogP contribution in [0.5, 0.6) is 0 Å². The Hall–Kier alpha value is -0.990. The fraction of sp³-hybridized carbons (Fsp3) is 0.556. The van der Waals surface area contributed by atoms with Gasteiger partial charge in [-0.15, -0.1) is 0 Å². The van der Waals surface area contributed by atoms with Crippen molar-refractivity contribution in [1.82, 2.24) is 0 Å². The van der Waals surface area contributed by atoms with Gasteiger partial charge in [0.2, 0.25) is 0 Å². The lowest BCUT2D eigenvalue weighted by atomic mass is 9.59. The molecule has 1 heterocycles. The second-order valence-electron chi connectivity index (χ2n) is 8.16. The molecule has 2 aromatic rings. The second kappa shape index (κ2) is 4.50. The third-order valence-electron chi connectivity index (χ3n) is 4.45. The minimum Gasteiger partial charge on any atom is -0.456 e. The molecule has 0 aliphatic heterocycles. The first kappa shape index (κ1) is 14.9. The maximum Gasteiger partial charge on any atom is 0.153 e. The largest absolute Gasteiger partial charge is 0.456 e. The number of furan rings is 1. The lowest BCUT2D eigenvalue weighted by Crippen LogP contribution is -2.43. The van der Waals surface area contributed by atoms with Gasteiger partial charge in [0.15, 0.2) is 5.58 Å². The highest BCUT2D eigenvalue weighted by Gasteiger charge is 2.49. The van der Waals surface area contributed by atoms with Gasteiger partial charge in [0.1, 0.15) is 11.4 Å². The predicted octanol–water partition coefficient (Wildman–Crippen LogP) is 5.51. The first-order valence-electron chi connectivity index (χ1n) is 7.51. The van der Waals surface area contributed by atoms with Crippen molar-refractivity contribution in [3.63, 3.8) is 0 Å². The molecule has 1 aliphatic carbocycles. The zero-order valence-corrected chi connectivity index (χ0v) is 13.9. The summed E-state index contributed by atoms with van der Waals surface area (Å²) in [7, 11) is 0. The van der Waals surface area contributed by atoms with Crippen molar-refractivity contribution in [1.29, 1.82) is 0 Å². The van der Waals surface area contributed by atoms with Gasteiger partial charge in [-0.3, -0.25) is 0 Å². The molecule has 2 nitrogen and oxygen atoms in total. The summed E-state index contributed by atoms with van der Waals surface area (Å²) in [5.41, 5.74) is -0.0876. The van der Waals surface area contributed by atoms with Gasteiger partial charge in [-0.25, -0.2) is 0 Å². The van der Waals surface area contributed by atoms with Crippen molar-refractivity contribution in [3.05, 3.63) is 35.0 Å². The van der Waals surface area contributed by atoms with Crippen LogP contribution < -0.4 is 0 Å². The molecule has 0 bridgehead atoms. The average Bonchev–Trinajstić information content (AvgIpc) is 2.69. The van der Waals surface area contributed by atoms with Gasteiger partial charge >= 0.3 is 0 Å². The Morgan fingerprint density at radius 1 is 1.05 bits per heavy atom. The normalized spacial score (nSPS) is 23.3. The van der Waals surface area contributed by atoms with E-state index in [2.05, 4.69) is 27.7 Å². The zero-order valence-electron chi connectivity index (χ0n) is 13.2. The Labute approximate surface area is 131 Å². The molecule has 21 heavy (non-hydrogen) atoms. The summed E-state index contributed by atoms with van der Waals surface area (Å²) in [6.07, 6.45) is 2.52. The fourth-order valence-corrected chi connectivity index (χ4v) is 4.72. The van der Waals surface area contributed by atoms with Gasteiger partial charge < -0.3 is 9.52 Å². The molecular formula is C18H23ClO2. The topological polar surface area (TPSA) is 33.4 Å². The van der Waals surface area contributed by atoms with Crippen molar-refractivity contribution in [2.75, 3.05) is 0 Å². The Kier molecular flexibility index (Phi) is 3.20. The van der Waals surface area contributed by atoms with Crippen molar-refractivity contribution in [3.8, 4) is 0 Å². The van der Waals surface area contributed by atoms with Crippen LogP contribution in [-0.4, -0.2) is 5.11 Å². The molecule has 0 atom stereocenters. The highest BCUT2D eigenvalue weighted by Crippen LogP contribution is 2.54. The standard InChI is InChI=1S/C18H23ClO2/c1-16(2)9-17(3,4)11-18(20,10-16)14-8-12-6-5-7-13(19)15(12)21-14/h5-8,20H,9-11H2,1-4H3. The average molecular weight is 307 g/mol. The number of rotatable bonds is 1. The molecule has 1 aliphatic rings. The highest BCUT2D eigenvalue weighted by atomic mass is 35.5. The molecule has 1 aromatic heterocycles. The Balaban J connectivity index is 2.09. The first-order valence-corrected chi connectivity index (χ1v) is 7.89. The van der Waals surface area contributed by atoms with Crippen LogP contribution in [0.3, 0.4) is 0 Å². The van der Waals surface area contributed by atoms with E-state index in [-0.39, 0.29) is 10.8 Å². The van der Waals surface area contributed by atoms with Gasteiger partial charge in [0.25, 0.3) is 0 Å². The molecule has 0 unspecified atom stereocenters. The summed E-state index contributed by atoms with van der Waals surface area (Å²) in [6, 6.07) is 7.63. The molecule has 0 radical (unpaired) electrons. The summed E-state index contributed by atoms with van der Waals surface area (Å²) < 4.78 is 5.95. The van der Waals surface area contributed by atoms with E-state index < -0.39 is 5.60 Å². The Bertz CT molecular complexity index is 666. The summed E-state index contributed by atoms with van der Waals surface area (Å²) in [4.78, 5) is 0. The van der Waals surface area contributed by atoms with Crippen LogP contribution in [0.15, 0.2) is 28.7 Å². The van der Waals surface area contributed by atoms with E-state index in [1.54, 1.807) is 0 Å². The van der Waals surface area contributed by atoms with Gasteiger partial charge in [-0.2, -0.15) is 0 Å². The molecule has 0 amide bonds. The molecule has 3 heteroatoms. The SMILES string of the molecule is CC1(C)CC(C)(C)CC(O)(c2cc3cccc(Cl)c3o2)C1.